The fraction of sp³-hybridized carbons (Fsp3) is 0.556. The molecule has 92 valence electrons. The number of nitrogens with zero attached hydrogens (tertiary/aromatic N) is 1. The minimum atomic E-state index is -1.15. The van der Waals surface area contributed by atoms with E-state index in [0.717, 1.165) is 12.8 Å². The third-order valence-electron chi connectivity index (χ3n) is 2.94. The zero-order chi connectivity index (χ0) is 12.5. The van der Waals surface area contributed by atoms with Crippen molar-refractivity contribution in [2.75, 3.05) is 5.32 Å². The van der Waals surface area contributed by atoms with Gasteiger partial charge in [0.15, 0.2) is 0 Å². The topological polar surface area (TPSA) is 128 Å². The van der Waals surface area contributed by atoms with Crippen molar-refractivity contribution in [3.05, 3.63) is 20.8 Å². The van der Waals surface area contributed by atoms with Gasteiger partial charge in [-0.25, -0.2) is 14.7 Å². The Balaban J connectivity index is 2.33. The zero-order valence-corrected chi connectivity index (χ0v) is 8.95. The summed E-state index contributed by atoms with van der Waals surface area (Å²) in [7, 11) is 0. The normalized spacial score (nSPS) is 17.9. The minimum absolute atomic E-state index is 0.172. The summed E-state index contributed by atoms with van der Waals surface area (Å²) in [5.41, 5.74) is -2.60. The van der Waals surface area contributed by atoms with Gasteiger partial charge in [0.05, 0.1) is 0 Å². The fourth-order valence-electron chi connectivity index (χ4n) is 2.03. The summed E-state index contributed by atoms with van der Waals surface area (Å²) in [5, 5.41) is 17.4. The maximum Gasteiger partial charge on any atom is 0.342 e. The highest BCUT2D eigenvalue weighted by Crippen LogP contribution is 2.32. The van der Waals surface area contributed by atoms with Gasteiger partial charge < -0.3 is 10.4 Å². The molecule has 0 atom stereocenters. The zero-order valence-electron chi connectivity index (χ0n) is 8.95. The molecular weight excluding hydrogens is 228 g/mol. The third kappa shape index (κ3) is 2.05. The predicted molar refractivity (Wildman–Crippen MR) is 57.9 cm³/mol. The van der Waals surface area contributed by atoms with Gasteiger partial charge >= 0.3 is 11.7 Å². The number of hydrogen-bond acceptors (Lipinski definition) is 5. The molecular formula is C9H12N4O4. The van der Waals surface area contributed by atoms with E-state index in [4.69, 9.17) is 0 Å². The Morgan fingerprint density at radius 1 is 1.35 bits per heavy atom. The molecule has 0 saturated heterocycles. The van der Waals surface area contributed by atoms with Crippen LogP contribution < -0.4 is 16.6 Å². The number of aromatic nitrogens is 3. The van der Waals surface area contributed by atoms with Gasteiger partial charge in [0.1, 0.15) is 5.54 Å². The van der Waals surface area contributed by atoms with Crippen LogP contribution in [0.4, 0.5) is 5.82 Å². The number of aliphatic carboxylic acids is 1. The first kappa shape index (κ1) is 11.4. The molecule has 1 heterocycles. The van der Waals surface area contributed by atoms with E-state index in [9.17, 15) is 19.5 Å². The highest BCUT2D eigenvalue weighted by molar-refractivity contribution is 5.82. The largest absolute Gasteiger partial charge is 0.480 e. The quantitative estimate of drug-likeness (QED) is 0.551. The van der Waals surface area contributed by atoms with Crippen LogP contribution in [0.25, 0.3) is 0 Å². The lowest BCUT2D eigenvalue weighted by Gasteiger charge is -2.24. The second-order valence-electron chi connectivity index (χ2n) is 4.07. The van der Waals surface area contributed by atoms with Gasteiger partial charge in [-0.1, -0.05) is 12.8 Å². The lowest BCUT2D eigenvalue weighted by atomic mass is 9.98. The highest BCUT2D eigenvalue weighted by Gasteiger charge is 2.42. The molecule has 1 aliphatic rings. The summed E-state index contributed by atoms with van der Waals surface area (Å²) < 4.78 is 0. The van der Waals surface area contributed by atoms with Crippen LogP contribution in [0.1, 0.15) is 25.7 Å². The van der Waals surface area contributed by atoms with Gasteiger partial charge in [-0.2, -0.15) is 0 Å². The molecule has 0 radical (unpaired) electrons. The van der Waals surface area contributed by atoms with Crippen LogP contribution in [0.15, 0.2) is 9.59 Å². The van der Waals surface area contributed by atoms with Crippen LogP contribution in [0, 0.1) is 0 Å². The van der Waals surface area contributed by atoms with Crippen molar-refractivity contribution in [3.63, 3.8) is 0 Å². The first-order valence-corrected chi connectivity index (χ1v) is 5.24. The van der Waals surface area contributed by atoms with E-state index in [1.54, 1.807) is 0 Å². The van der Waals surface area contributed by atoms with Gasteiger partial charge in [0, 0.05) is 0 Å². The maximum absolute atomic E-state index is 11.4. The van der Waals surface area contributed by atoms with Crippen LogP contribution in [0.5, 0.6) is 0 Å². The number of carboxylic acid groups (broad SMARTS) is 1. The lowest BCUT2D eigenvalue weighted by Crippen LogP contribution is -2.46. The Bertz CT molecular complexity index is 540. The van der Waals surface area contributed by atoms with E-state index in [0.29, 0.717) is 12.8 Å². The van der Waals surface area contributed by atoms with Gasteiger partial charge in [0.25, 0.3) is 5.56 Å². The van der Waals surface area contributed by atoms with E-state index < -0.39 is 22.8 Å². The van der Waals surface area contributed by atoms with Crippen LogP contribution in [0.3, 0.4) is 0 Å². The summed E-state index contributed by atoms with van der Waals surface area (Å²) in [6.07, 6.45) is 2.42. The number of anilines is 1. The average Bonchev–Trinajstić information content (AvgIpc) is 2.72. The Hall–Kier alpha value is -2.12. The molecule has 4 N–H and O–H groups in total. The molecule has 17 heavy (non-hydrogen) atoms. The Morgan fingerprint density at radius 3 is 2.53 bits per heavy atom. The molecule has 1 aromatic heterocycles. The van der Waals surface area contributed by atoms with Crippen molar-refractivity contribution < 1.29 is 9.90 Å². The minimum Gasteiger partial charge on any atom is -0.480 e. The van der Waals surface area contributed by atoms with Crippen LogP contribution in [-0.2, 0) is 4.79 Å². The second kappa shape index (κ2) is 4.04. The molecule has 0 aliphatic heterocycles. The number of carbonyl (C=O) groups is 1. The first-order valence-electron chi connectivity index (χ1n) is 5.24. The molecule has 0 spiro atoms. The standard InChI is InChI=1S/C9H12N4O4/c14-6-5(12-13-8(17)10-6)11-9(7(15)16)3-1-2-4-9/h1-4H2,(H,11,12)(H,15,16)(H2,10,13,14,17). The van der Waals surface area contributed by atoms with Crippen molar-refractivity contribution in [2.45, 2.75) is 31.2 Å². The molecule has 0 aromatic carbocycles. The van der Waals surface area contributed by atoms with Gasteiger partial charge in [-0.3, -0.25) is 9.78 Å². The van der Waals surface area contributed by atoms with Gasteiger partial charge in [-0.05, 0) is 12.8 Å². The van der Waals surface area contributed by atoms with E-state index in [2.05, 4.69) is 15.5 Å². The number of hydrogen-bond donors (Lipinski definition) is 4. The molecule has 1 fully saturated rings. The third-order valence-corrected chi connectivity index (χ3v) is 2.94. The van der Waals surface area contributed by atoms with Crippen molar-refractivity contribution in [3.8, 4) is 0 Å². The second-order valence-corrected chi connectivity index (χ2v) is 4.07. The predicted octanol–water partition coefficient (Wildman–Crippen LogP) is -0.733. The maximum atomic E-state index is 11.4. The molecule has 2 rings (SSSR count). The number of aromatic amines is 2. The van der Waals surface area contributed by atoms with Crippen LogP contribution >= 0.6 is 0 Å². The van der Waals surface area contributed by atoms with E-state index >= 15 is 0 Å². The number of nitrogens with one attached hydrogen (secondary N) is 3. The molecule has 8 heteroatoms. The van der Waals surface area contributed by atoms with Gasteiger partial charge in [-0.15, -0.1) is 5.10 Å². The summed E-state index contributed by atoms with van der Waals surface area (Å²) in [6.45, 7) is 0. The molecule has 1 saturated carbocycles. The van der Waals surface area contributed by atoms with E-state index in [1.165, 1.54) is 0 Å². The monoisotopic (exact) mass is 240 g/mol. The first-order chi connectivity index (χ1) is 8.03. The summed E-state index contributed by atoms with van der Waals surface area (Å²) >= 11 is 0. The molecule has 0 bridgehead atoms. The Labute approximate surface area is 95.1 Å². The summed E-state index contributed by atoms with van der Waals surface area (Å²) in [4.78, 5) is 35.4. The molecule has 1 aliphatic carbocycles. The highest BCUT2D eigenvalue weighted by atomic mass is 16.4. The van der Waals surface area contributed by atoms with Crippen molar-refractivity contribution in [1.29, 1.82) is 0 Å². The van der Waals surface area contributed by atoms with Crippen LogP contribution in [-0.4, -0.2) is 31.8 Å². The fourth-order valence-corrected chi connectivity index (χ4v) is 2.03. The SMILES string of the molecule is O=C(O)C1(Nc2n[nH]c(=O)[nH]c2=O)CCCC1. The van der Waals surface area contributed by atoms with Crippen molar-refractivity contribution in [1.82, 2.24) is 15.2 Å². The number of rotatable bonds is 3. The molecule has 0 unspecified atom stereocenters. The Morgan fingerprint density at radius 2 is 2.00 bits per heavy atom. The smallest absolute Gasteiger partial charge is 0.342 e. The van der Waals surface area contributed by atoms with Crippen molar-refractivity contribution in [2.24, 2.45) is 0 Å². The lowest BCUT2D eigenvalue weighted by molar-refractivity contribution is -0.142. The summed E-state index contributed by atoms with van der Waals surface area (Å²) in [6, 6.07) is 0. The molecule has 1 aromatic rings. The molecule has 0 amide bonds. The Kier molecular flexibility index (Phi) is 2.70. The number of H-pyrrole nitrogens is 2. The van der Waals surface area contributed by atoms with Crippen molar-refractivity contribution >= 4 is 11.8 Å². The summed E-state index contributed by atoms with van der Waals surface area (Å²) in [5.74, 6) is -1.18. The van der Waals surface area contributed by atoms with Gasteiger partial charge in [0.2, 0.25) is 5.82 Å². The van der Waals surface area contributed by atoms with Crippen LogP contribution in [0.2, 0.25) is 0 Å². The number of carboxylic acids is 1. The van der Waals surface area contributed by atoms with E-state index in [1.807, 2.05) is 4.98 Å². The van der Waals surface area contributed by atoms with E-state index in [-0.39, 0.29) is 5.82 Å². The average molecular weight is 240 g/mol. The molecule has 8 nitrogen and oxygen atoms in total.